The van der Waals surface area contributed by atoms with Crippen LogP contribution in [0.4, 0.5) is 5.69 Å². The van der Waals surface area contributed by atoms with E-state index in [1.165, 1.54) is 0 Å². The van der Waals surface area contributed by atoms with Crippen LogP contribution < -0.4 is 4.90 Å². The number of para-hydroxylation sites is 1. The number of hydrogen-bond donors (Lipinski definition) is 1. The first-order valence-electron chi connectivity index (χ1n) is 8.25. The third kappa shape index (κ3) is 4.08. The van der Waals surface area contributed by atoms with Crippen molar-refractivity contribution in [2.45, 2.75) is 32.6 Å². The highest BCUT2D eigenvalue weighted by Gasteiger charge is 2.32. The molecule has 4 heteroatoms. The Labute approximate surface area is 133 Å². The number of aliphatic hydroxyl groups excluding tert-OH is 1. The van der Waals surface area contributed by atoms with Crippen LogP contribution in [-0.4, -0.2) is 49.2 Å². The molecule has 22 heavy (non-hydrogen) atoms. The largest absolute Gasteiger partial charge is 0.396 e. The van der Waals surface area contributed by atoms with Gasteiger partial charge in [-0.3, -0.25) is 4.79 Å². The lowest BCUT2D eigenvalue weighted by atomic mass is 9.77. The molecule has 1 amide bonds. The molecule has 1 fully saturated rings. The molecule has 1 heterocycles. The number of carbonyl (C=O) groups is 1. The molecule has 0 spiro atoms. The molecule has 0 aromatic heterocycles. The number of anilines is 1. The topological polar surface area (TPSA) is 43.8 Å². The van der Waals surface area contributed by atoms with Gasteiger partial charge in [-0.15, -0.1) is 0 Å². The molecule has 1 saturated heterocycles. The highest BCUT2D eigenvalue weighted by atomic mass is 16.3. The monoisotopic (exact) mass is 304 g/mol. The summed E-state index contributed by atoms with van der Waals surface area (Å²) in [6.07, 6.45) is 3.64. The van der Waals surface area contributed by atoms with Gasteiger partial charge < -0.3 is 14.9 Å². The second-order valence-electron chi connectivity index (χ2n) is 6.39. The average Bonchev–Trinajstić information content (AvgIpc) is 2.60. The fourth-order valence-electron chi connectivity index (χ4n) is 3.09. The van der Waals surface area contributed by atoms with Crippen molar-refractivity contribution in [3.63, 3.8) is 0 Å². The summed E-state index contributed by atoms with van der Waals surface area (Å²) in [4.78, 5) is 16.4. The van der Waals surface area contributed by atoms with E-state index in [1.54, 1.807) is 4.90 Å². The van der Waals surface area contributed by atoms with Gasteiger partial charge in [0.05, 0.1) is 0 Å². The lowest BCUT2D eigenvalue weighted by Gasteiger charge is -2.40. The maximum Gasteiger partial charge on any atom is 0.228 e. The van der Waals surface area contributed by atoms with Crippen molar-refractivity contribution in [1.82, 2.24) is 4.90 Å². The minimum atomic E-state index is 0.112. The second-order valence-corrected chi connectivity index (χ2v) is 6.39. The molecule has 0 aliphatic carbocycles. The smallest absolute Gasteiger partial charge is 0.228 e. The fraction of sp³-hybridized carbons (Fsp3) is 0.611. The number of nitrogens with zero attached hydrogens (tertiary/aromatic N) is 2. The number of benzene rings is 1. The summed E-state index contributed by atoms with van der Waals surface area (Å²) in [7, 11) is 1.84. The molecule has 0 unspecified atom stereocenters. The van der Waals surface area contributed by atoms with Gasteiger partial charge >= 0.3 is 0 Å². The van der Waals surface area contributed by atoms with Crippen LogP contribution in [0.15, 0.2) is 30.3 Å². The van der Waals surface area contributed by atoms with Gasteiger partial charge in [-0.2, -0.15) is 0 Å². The third-order valence-electron chi connectivity index (χ3n) is 5.16. The number of hydrogen-bond acceptors (Lipinski definition) is 3. The van der Waals surface area contributed by atoms with Crippen molar-refractivity contribution in [2.75, 3.05) is 38.2 Å². The molecule has 1 aliphatic heterocycles. The predicted octanol–water partition coefficient (Wildman–Crippen LogP) is 2.52. The predicted molar refractivity (Wildman–Crippen MR) is 90.0 cm³/mol. The van der Waals surface area contributed by atoms with Gasteiger partial charge in [0.25, 0.3) is 0 Å². The molecular formula is C18H28N2O2. The molecule has 0 atom stereocenters. The van der Waals surface area contributed by atoms with Crippen molar-refractivity contribution < 1.29 is 9.90 Å². The van der Waals surface area contributed by atoms with Gasteiger partial charge in [0.15, 0.2) is 0 Å². The van der Waals surface area contributed by atoms with Crippen LogP contribution in [0, 0.1) is 5.41 Å². The van der Waals surface area contributed by atoms with E-state index in [2.05, 4.69) is 11.8 Å². The molecule has 4 nitrogen and oxygen atoms in total. The zero-order chi connectivity index (χ0) is 16.0. The van der Waals surface area contributed by atoms with Gasteiger partial charge in [0.2, 0.25) is 5.91 Å². The van der Waals surface area contributed by atoms with E-state index in [9.17, 15) is 9.90 Å². The Hall–Kier alpha value is -1.39. The number of likely N-dealkylation sites (tertiary alicyclic amines) is 1. The molecule has 1 aromatic carbocycles. The number of rotatable bonds is 6. The summed E-state index contributed by atoms with van der Waals surface area (Å²) in [6.45, 7) is 5.21. The van der Waals surface area contributed by atoms with Crippen molar-refractivity contribution in [1.29, 1.82) is 0 Å². The summed E-state index contributed by atoms with van der Waals surface area (Å²) in [5, 5.41) is 9.57. The summed E-state index contributed by atoms with van der Waals surface area (Å²) >= 11 is 0. The number of aliphatic hydroxyl groups is 1. The van der Waals surface area contributed by atoms with E-state index in [0.29, 0.717) is 6.42 Å². The standard InChI is InChI=1S/C18H28N2O2/c1-3-18(15-21)10-13-20(14-11-18)12-9-17(22)19(2)16-7-5-4-6-8-16/h4-8,21H,3,9-15H2,1-2H3. The zero-order valence-corrected chi connectivity index (χ0v) is 13.8. The highest BCUT2D eigenvalue weighted by molar-refractivity contribution is 5.92. The molecule has 1 aliphatic rings. The number of piperidine rings is 1. The Morgan fingerprint density at radius 1 is 1.27 bits per heavy atom. The maximum atomic E-state index is 12.3. The van der Waals surface area contributed by atoms with Crippen LogP contribution >= 0.6 is 0 Å². The molecule has 2 rings (SSSR count). The molecule has 1 N–H and O–H groups in total. The minimum Gasteiger partial charge on any atom is -0.396 e. The molecular weight excluding hydrogens is 276 g/mol. The quantitative estimate of drug-likeness (QED) is 0.878. The summed E-state index contributed by atoms with van der Waals surface area (Å²) in [6, 6.07) is 9.76. The van der Waals surface area contributed by atoms with Crippen LogP contribution in [0.5, 0.6) is 0 Å². The summed E-state index contributed by atoms with van der Waals surface area (Å²) in [5.74, 6) is 0.153. The van der Waals surface area contributed by atoms with Crippen LogP contribution in [0.3, 0.4) is 0 Å². The van der Waals surface area contributed by atoms with Crippen LogP contribution in [0.25, 0.3) is 0 Å². The first kappa shape index (κ1) is 17.0. The van der Waals surface area contributed by atoms with E-state index in [-0.39, 0.29) is 17.9 Å². The van der Waals surface area contributed by atoms with Crippen LogP contribution in [-0.2, 0) is 4.79 Å². The van der Waals surface area contributed by atoms with Crippen LogP contribution in [0.1, 0.15) is 32.6 Å². The Bertz CT molecular complexity index is 461. The lowest BCUT2D eigenvalue weighted by molar-refractivity contribution is -0.118. The molecule has 0 saturated carbocycles. The average molecular weight is 304 g/mol. The van der Waals surface area contributed by atoms with Crippen molar-refractivity contribution in [3.8, 4) is 0 Å². The molecule has 122 valence electrons. The van der Waals surface area contributed by atoms with Crippen molar-refractivity contribution in [2.24, 2.45) is 5.41 Å². The Morgan fingerprint density at radius 2 is 1.91 bits per heavy atom. The maximum absolute atomic E-state index is 12.3. The SMILES string of the molecule is CCC1(CO)CCN(CCC(=O)N(C)c2ccccc2)CC1. The fourth-order valence-corrected chi connectivity index (χ4v) is 3.09. The number of carbonyl (C=O) groups excluding carboxylic acids is 1. The molecule has 1 aromatic rings. The van der Waals surface area contributed by atoms with Crippen LogP contribution in [0.2, 0.25) is 0 Å². The Morgan fingerprint density at radius 3 is 2.45 bits per heavy atom. The van der Waals surface area contributed by atoms with Gasteiger partial charge in [-0.1, -0.05) is 25.1 Å². The normalized spacial score (nSPS) is 18.1. The van der Waals surface area contributed by atoms with E-state index in [1.807, 2.05) is 37.4 Å². The van der Waals surface area contributed by atoms with Gasteiger partial charge in [-0.05, 0) is 49.9 Å². The second kappa shape index (κ2) is 7.75. The van der Waals surface area contributed by atoms with Gasteiger partial charge in [0, 0.05) is 32.3 Å². The van der Waals surface area contributed by atoms with E-state index in [0.717, 1.165) is 44.6 Å². The first-order chi connectivity index (χ1) is 10.6. The minimum absolute atomic E-state index is 0.112. The lowest BCUT2D eigenvalue weighted by Crippen LogP contribution is -2.43. The van der Waals surface area contributed by atoms with E-state index in [4.69, 9.17) is 0 Å². The van der Waals surface area contributed by atoms with Crippen molar-refractivity contribution in [3.05, 3.63) is 30.3 Å². The highest BCUT2D eigenvalue weighted by Crippen LogP contribution is 2.34. The van der Waals surface area contributed by atoms with Gasteiger partial charge in [0.1, 0.15) is 0 Å². The Kier molecular flexibility index (Phi) is 5.98. The van der Waals surface area contributed by atoms with Crippen molar-refractivity contribution >= 4 is 11.6 Å². The van der Waals surface area contributed by atoms with E-state index < -0.39 is 0 Å². The van der Waals surface area contributed by atoms with Gasteiger partial charge in [-0.25, -0.2) is 0 Å². The van der Waals surface area contributed by atoms with E-state index >= 15 is 0 Å². The zero-order valence-electron chi connectivity index (χ0n) is 13.8. The number of amides is 1. The Balaban J connectivity index is 1.78. The molecule has 0 radical (unpaired) electrons. The third-order valence-corrected chi connectivity index (χ3v) is 5.16. The summed E-state index contributed by atoms with van der Waals surface area (Å²) < 4.78 is 0. The first-order valence-corrected chi connectivity index (χ1v) is 8.25. The molecule has 0 bridgehead atoms. The summed E-state index contributed by atoms with van der Waals surface area (Å²) in [5.41, 5.74) is 1.05.